The Kier molecular flexibility index (Phi) is 1.62. The number of phenolic OH excluding ortho intramolecular Hbond substituents is 2. The first kappa shape index (κ1) is 8.23. The number of aromatic hydroxyl groups is 2. The molecule has 0 bridgehead atoms. The van der Waals surface area contributed by atoms with Crippen LogP contribution in [0.15, 0.2) is 12.1 Å². The highest BCUT2D eigenvalue weighted by Gasteiger charge is 2.24. The van der Waals surface area contributed by atoms with Gasteiger partial charge in [-0.25, -0.2) is 0 Å². The Morgan fingerprint density at radius 1 is 1.31 bits per heavy atom. The van der Waals surface area contributed by atoms with Gasteiger partial charge in [0.15, 0.2) is 11.5 Å². The van der Waals surface area contributed by atoms with E-state index in [1.807, 2.05) is 7.05 Å². The Labute approximate surface area is 77.2 Å². The zero-order valence-corrected chi connectivity index (χ0v) is 7.78. The van der Waals surface area contributed by atoms with Crippen molar-refractivity contribution < 1.29 is 10.2 Å². The summed E-state index contributed by atoms with van der Waals surface area (Å²) in [7, 11) is 1.99. The van der Waals surface area contributed by atoms with Crippen molar-refractivity contribution in [1.29, 1.82) is 0 Å². The largest absolute Gasteiger partial charge is 0.504 e. The molecule has 0 spiro atoms. The molecule has 1 unspecified atom stereocenters. The summed E-state index contributed by atoms with van der Waals surface area (Å²) in [5.41, 5.74) is 2.12. The van der Waals surface area contributed by atoms with Gasteiger partial charge >= 0.3 is 0 Å². The lowest BCUT2D eigenvalue weighted by molar-refractivity contribution is 0.403. The van der Waals surface area contributed by atoms with Gasteiger partial charge in [-0.05, 0) is 25.0 Å². The van der Waals surface area contributed by atoms with E-state index in [0.717, 1.165) is 17.7 Å². The van der Waals surface area contributed by atoms with Crippen LogP contribution in [0.25, 0.3) is 0 Å². The summed E-state index contributed by atoms with van der Waals surface area (Å²) >= 11 is 0. The third-order valence-corrected chi connectivity index (χ3v) is 2.73. The normalized spacial score (nSPS) is 20.5. The Balaban J connectivity index is 2.53. The fourth-order valence-electron chi connectivity index (χ4n) is 1.79. The molecule has 1 aromatic rings. The number of phenols is 2. The molecule has 1 aliphatic rings. The number of likely N-dealkylation sites (N-methyl/N-ethyl adjacent to an activating group) is 1. The van der Waals surface area contributed by atoms with Crippen LogP contribution in [0.1, 0.15) is 12.5 Å². The van der Waals surface area contributed by atoms with Crippen LogP contribution in [0.5, 0.6) is 11.5 Å². The van der Waals surface area contributed by atoms with Crippen molar-refractivity contribution in [3.63, 3.8) is 0 Å². The third kappa shape index (κ3) is 1.11. The molecule has 1 aromatic carbocycles. The highest BCUT2D eigenvalue weighted by molar-refractivity contribution is 5.64. The van der Waals surface area contributed by atoms with E-state index in [1.165, 1.54) is 0 Å². The second kappa shape index (κ2) is 2.55. The van der Waals surface area contributed by atoms with Gasteiger partial charge in [-0.15, -0.1) is 0 Å². The SMILES string of the molecule is CC1Cc2cc(O)c(O)cc2N1C. The van der Waals surface area contributed by atoms with E-state index in [9.17, 15) is 10.2 Å². The van der Waals surface area contributed by atoms with Crippen LogP contribution in [0, 0.1) is 0 Å². The van der Waals surface area contributed by atoms with E-state index < -0.39 is 0 Å². The monoisotopic (exact) mass is 179 g/mol. The van der Waals surface area contributed by atoms with Gasteiger partial charge < -0.3 is 15.1 Å². The summed E-state index contributed by atoms with van der Waals surface area (Å²) in [5, 5.41) is 18.6. The first-order chi connectivity index (χ1) is 6.09. The van der Waals surface area contributed by atoms with Gasteiger partial charge in [0.25, 0.3) is 0 Å². The summed E-state index contributed by atoms with van der Waals surface area (Å²) in [6.45, 7) is 2.12. The number of hydrogen-bond acceptors (Lipinski definition) is 3. The maximum Gasteiger partial charge on any atom is 0.159 e. The van der Waals surface area contributed by atoms with Gasteiger partial charge in [0.05, 0.1) is 0 Å². The standard InChI is InChI=1S/C10H13NO2/c1-6-3-7-4-9(12)10(13)5-8(7)11(6)2/h4-6,12-13H,3H2,1-2H3. The van der Waals surface area contributed by atoms with Crippen molar-refractivity contribution in [1.82, 2.24) is 0 Å². The van der Waals surface area contributed by atoms with Crippen molar-refractivity contribution >= 4 is 5.69 Å². The fourth-order valence-corrected chi connectivity index (χ4v) is 1.79. The summed E-state index contributed by atoms with van der Waals surface area (Å²) < 4.78 is 0. The quantitative estimate of drug-likeness (QED) is 0.593. The molecule has 1 atom stereocenters. The topological polar surface area (TPSA) is 43.7 Å². The van der Waals surface area contributed by atoms with Gasteiger partial charge in [-0.2, -0.15) is 0 Å². The first-order valence-electron chi connectivity index (χ1n) is 4.37. The minimum absolute atomic E-state index is 0.0266. The second-order valence-electron chi connectivity index (χ2n) is 3.63. The molecule has 13 heavy (non-hydrogen) atoms. The summed E-state index contributed by atoms with van der Waals surface area (Å²) in [6.07, 6.45) is 0.930. The van der Waals surface area contributed by atoms with Gasteiger partial charge in [0.2, 0.25) is 0 Å². The maximum atomic E-state index is 9.31. The Morgan fingerprint density at radius 3 is 2.62 bits per heavy atom. The molecular weight excluding hydrogens is 166 g/mol. The number of anilines is 1. The summed E-state index contributed by atoms with van der Waals surface area (Å²) in [6, 6.07) is 3.70. The predicted molar refractivity (Wildman–Crippen MR) is 51.3 cm³/mol. The van der Waals surface area contributed by atoms with E-state index in [0.29, 0.717) is 6.04 Å². The molecule has 0 aliphatic carbocycles. The smallest absolute Gasteiger partial charge is 0.159 e. The molecular formula is C10H13NO2. The van der Waals surface area contributed by atoms with Gasteiger partial charge in [-0.3, -0.25) is 0 Å². The number of fused-ring (bicyclic) bond motifs is 1. The molecule has 3 heteroatoms. The number of nitrogens with zero attached hydrogens (tertiary/aromatic N) is 1. The van der Waals surface area contributed by atoms with Crippen molar-refractivity contribution in [2.75, 3.05) is 11.9 Å². The van der Waals surface area contributed by atoms with Gasteiger partial charge in [-0.1, -0.05) is 0 Å². The minimum Gasteiger partial charge on any atom is -0.504 e. The van der Waals surface area contributed by atoms with Crippen molar-refractivity contribution in [3.8, 4) is 11.5 Å². The third-order valence-electron chi connectivity index (χ3n) is 2.73. The molecule has 2 rings (SSSR count). The first-order valence-corrected chi connectivity index (χ1v) is 4.37. The van der Waals surface area contributed by atoms with E-state index >= 15 is 0 Å². The van der Waals surface area contributed by atoms with E-state index in [2.05, 4.69) is 11.8 Å². The lowest BCUT2D eigenvalue weighted by Crippen LogP contribution is -2.23. The van der Waals surface area contributed by atoms with Crippen LogP contribution < -0.4 is 4.90 Å². The van der Waals surface area contributed by atoms with Crippen molar-refractivity contribution in [3.05, 3.63) is 17.7 Å². The van der Waals surface area contributed by atoms with Crippen LogP contribution in [0.3, 0.4) is 0 Å². The molecule has 3 nitrogen and oxygen atoms in total. The minimum atomic E-state index is -0.0419. The molecule has 2 N–H and O–H groups in total. The van der Waals surface area contributed by atoms with Crippen LogP contribution in [-0.4, -0.2) is 23.3 Å². The average Bonchev–Trinajstić information content (AvgIpc) is 2.32. The highest BCUT2D eigenvalue weighted by atomic mass is 16.3. The lowest BCUT2D eigenvalue weighted by Gasteiger charge is -2.18. The van der Waals surface area contributed by atoms with E-state index in [4.69, 9.17) is 0 Å². The van der Waals surface area contributed by atoms with Gasteiger partial charge in [0.1, 0.15) is 0 Å². The molecule has 0 radical (unpaired) electrons. The molecule has 0 aromatic heterocycles. The molecule has 0 amide bonds. The van der Waals surface area contributed by atoms with E-state index in [-0.39, 0.29) is 11.5 Å². The summed E-state index contributed by atoms with van der Waals surface area (Å²) in [4.78, 5) is 2.11. The Bertz CT molecular complexity index is 349. The predicted octanol–water partition coefficient (Wildman–Crippen LogP) is 1.48. The highest BCUT2D eigenvalue weighted by Crippen LogP contribution is 2.38. The van der Waals surface area contributed by atoms with Crippen LogP contribution in [-0.2, 0) is 6.42 Å². The van der Waals surface area contributed by atoms with E-state index in [1.54, 1.807) is 12.1 Å². The number of benzene rings is 1. The molecule has 1 heterocycles. The zero-order valence-electron chi connectivity index (χ0n) is 7.78. The Hall–Kier alpha value is -1.38. The fraction of sp³-hybridized carbons (Fsp3) is 0.400. The summed E-state index contributed by atoms with van der Waals surface area (Å²) in [5.74, 6) is -0.0686. The molecule has 0 fully saturated rings. The van der Waals surface area contributed by atoms with Crippen molar-refractivity contribution in [2.45, 2.75) is 19.4 Å². The maximum absolute atomic E-state index is 9.31. The van der Waals surface area contributed by atoms with Crippen LogP contribution in [0.4, 0.5) is 5.69 Å². The molecule has 1 aliphatic heterocycles. The van der Waals surface area contributed by atoms with Crippen molar-refractivity contribution in [2.24, 2.45) is 0 Å². The Morgan fingerprint density at radius 2 is 1.92 bits per heavy atom. The zero-order chi connectivity index (χ0) is 9.59. The number of hydrogen-bond donors (Lipinski definition) is 2. The van der Waals surface area contributed by atoms with Crippen LogP contribution in [0.2, 0.25) is 0 Å². The number of rotatable bonds is 0. The average molecular weight is 179 g/mol. The molecule has 0 saturated carbocycles. The van der Waals surface area contributed by atoms with Crippen LogP contribution >= 0.6 is 0 Å². The van der Waals surface area contributed by atoms with Gasteiger partial charge in [0, 0.05) is 24.8 Å². The molecule has 70 valence electrons. The lowest BCUT2D eigenvalue weighted by atomic mass is 10.1. The second-order valence-corrected chi connectivity index (χ2v) is 3.63. The molecule has 0 saturated heterocycles.